The zero-order valence-corrected chi connectivity index (χ0v) is 10.1. The van der Waals surface area contributed by atoms with Crippen LogP contribution in [0.25, 0.3) is 0 Å². The Morgan fingerprint density at radius 3 is 2.80 bits per heavy atom. The SMILES string of the molecule is CC(C)=CCCC1=CC[C@H](C=O)[C@H](C)C1. The van der Waals surface area contributed by atoms with Gasteiger partial charge in [-0.2, -0.15) is 0 Å². The van der Waals surface area contributed by atoms with E-state index in [0.29, 0.717) is 5.92 Å². The third kappa shape index (κ3) is 4.03. The molecule has 1 rings (SSSR count). The van der Waals surface area contributed by atoms with Gasteiger partial charge in [-0.1, -0.05) is 30.2 Å². The number of carbonyl (C=O) groups excluding carboxylic acids is 1. The minimum atomic E-state index is 0.261. The first-order valence-electron chi connectivity index (χ1n) is 5.90. The molecule has 0 heterocycles. The van der Waals surface area contributed by atoms with Gasteiger partial charge in [-0.25, -0.2) is 0 Å². The minimum Gasteiger partial charge on any atom is -0.303 e. The van der Waals surface area contributed by atoms with Crippen molar-refractivity contribution in [3.05, 3.63) is 23.3 Å². The zero-order valence-electron chi connectivity index (χ0n) is 10.1. The number of hydrogen-bond acceptors (Lipinski definition) is 1. The molecular formula is C14H22O. The maximum absolute atomic E-state index is 10.7. The van der Waals surface area contributed by atoms with E-state index in [9.17, 15) is 4.79 Å². The van der Waals surface area contributed by atoms with Gasteiger partial charge >= 0.3 is 0 Å². The van der Waals surface area contributed by atoms with E-state index < -0.39 is 0 Å². The molecule has 0 aromatic heterocycles. The smallest absolute Gasteiger partial charge is 0.123 e. The van der Waals surface area contributed by atoms with Crippen LogP contribution in [0.2, 0.25) is 0 Å². The van der Waals surface area contributed by atoms with E-state index in [1.165, 1.54) is 17.6 Å². The van der Waals surface area contributed by atoms with Gasteiger partial charge in [-0.15, -0.1) is 0 Å². The van der Waals surface area contributed by atoms with E-state index in [-0.39, 0.29) is 5.92 Å². The third-order valence-corrected chi connectivity index (χ3v) is 3.19. The molecule has 1 nitrogen and oxygen atoms in total. The first kappa shape index (κ1) is 12.2. The van der Waals surface area contributed by atoms with Gasteiger partial charge in [0.2, 0.25) is 0 Å². The summed E-state index contributed by atoms with van der Waals surface area (Å²) in [5.41, 5.74) is 2.93. The molecular weight excluding hydrogens is 184 g/mol. The molecule has 0 aromatic carbocycles. The van der Waals surface area contributed by atoms with Crippen LogP contribution in [-0.4, -0.2) is 6.29 Å². The molecule has 0 saturated carbocycles. The number of aldehydes is 1. The predicted molar refractivity (Wildman–Crippen MR) is 64.7 cm³/mol. The lowest BCUT2D eigenvalue weighted by atomic mass is 9.80. The fourth-order valence-corrected chi connectivity index (χ4v) is 2.12. The van der Waals surface area contributed by atoms with E-state index in [2.05, 4.69) is 32.9 Å². The second-order valence-electron chi connectivity index (χ2n) is 4.90. The summed E-state index contributed by atoms with van der Waals surface area (Å²) < 4.78 is 0. The predicted octanol–water partition coefficient (Wildman–Crippen LogP) is 3.90. The van der Waals surface area contributed by atoms with Crippen molar-refractivity contribution in [2.24, 2.45) is 11.8 Å². The lowest BCUT2D eigenvalue weighted by Gasteiger charge is -2.24. The second kappa shape index (κ2) is 5.89. The molecule has 0 fully saturated rings. The average Bonchev–Trinajstić information content (AvgIpc) is 2.17. The van der Waals surface area contributed by atoms with Gasteiger partial charge in [0.15, 0.2) is 0 Å². The van der Waals surface area contributed by atoms with E-state index in [1.54, 1.807) is 0 Å². The maximum atomic E-state index is 10.7. The molecule has 0 aromatic rings. The van der Waals surface area contributed by atoms with Crippen LogP contribution >= 0.6 is 0 Å². The Bertz CT molecular complexity index is 269. The summed E-state index contributed by atoms with van der Waals surface area (Å²) in [7, 11) is 0. The van der Waals surface area contributed by atoms with Crippen molar-refractivity contribution < 1.29 is 4.79 Å². The van der Waals surface area contributed by atoms with Gasteiger partial charge in [0.05, 0.1) is 0 Å². The number of allylic oxidation sites excluding steroid dienone is 4. The molecule has 1 aliphatic carbocycles. The van der Waals surface area contributed by atoms with E-state index >= 15 is 0 Å². The van der Waals surface area contributed by atoms with Crippen molar-refractivity contribution in [3.63, 3.8) is 0 Å². The highest BCUT2D eigenvalue weighted by molar-refractivity contribution is 5.55. The largest absolute Gasteiger partial charge is 0.303 e. The van der Waals surface area contributed by atoms with Crippen LogP contribution in [0.15, 0.2) is 23.3 Å². The highest BCUT2D eigenvalue weighted by Gasteiger charge is 2.20. The first-order valence-corrected chi connectivity index (χ1v) is 5.90. The third-order valence-electron chi connectivity index (χ3n) is 3.19. The molecule has 0 radical (unpaired) electrons. The summed E-state index contributed by atoms with van der Waals surface area (Å²) in [6, 6.07) is 0. The Kier molecular flexibility index (Phi) is 4.80. The van der Waals surface area contributed by atoms with Crippen LogP contribution in [0.4, 0.5) is 0 Å². The molecule has 0 bridgehead atoms. The van der Waals surface area contributed by atoms with Crippen LogP contribution in [0, 0.1) is 11.8 Å². The maximum Gasteiger partial charge on any atom is 0.123 e. The second-order valence-corrected chi connectivity index (χ2v) is 4.90. The molecule has 15 heavy (non-hydrogen) atoms. The van der Waals surface area contributed by atoms with Crippen molar-refractivity contribution in [2.75, 3.05) is 0 Å². The molecule has 0 spiro atoms. The lowest BCUT2D eigenvalue weighted by molar-refractivity contribution is -0.112. The van der Waals surface area contributed by atoms with E-state index in [0.717, 1.165) is 25.5 Å². The van der Waals surface area contributed by atoms with E-state index in [4.69, 9.17) is 0 Å². The number of rotatable bonds is 4. The van der Waals surface area contributed by atoms with Gasteiger partial charge in [0.25, 0.3) is 0 Å². The van der Waals surface area contributed by atoms with Gasteiger partial charge in [0, 0.05) is 5.92 Å². The van der Waals surface area contributed by atoms with Crippen molar-refractivity contribution >= 4 is 6.29 Å². The Morgan fingerprint density at radius 1 is 1.53 bits per heavy atom. The molecule has 1 heteroatoms. The molecule has 1 aliphatic rings. The lowest BCUT2D eigenvalue weighted by Crippen LogP contribution is -2.17. The summed E-state index contributed by atoms with van der Waals surface area (Å²) in [5.74, 6) is 0.798. The number of hydrogen-bond donors (Lipinski definition) is 0. The molecule has 0 aliphatic heterocycles. The first-order chi connectivity index (χ1) is 7.13. The summed E-state index contributed by atoms with van der Waals surface area (Å²) in [5, 5.41) is 0. The van der Waals surface area contributed by atoms with Crippen molar-refractivity contribution in [2.45, 2.75) is 46.5 Å². The van der Waals surface area contributed by atoms with Gasteiger partial charge in [-0.3, -0.25) is 0 Å². The van der Waals surface area contributed by atoms with Crippen LogP contribution in [-0.2, 0) is 4.79 Å². The summed E-state index contributed by atoms with van der Waals surface area (Å²) in [6.07, 6.45) is 10.1. The minimum absolute atomic E-state index is 0.261. The standard InChI is InChI=1S/C14H22O/c1-11(2)5-4-6-13-7-8-14(10-15)12(3)9-13/h5,7,10,12,14H,4,6,8-9H2,1-3H3/t12-,14-/m1/s1. The highest BCUT2D eigenvalue weighted by Crippen LogP contribution is 2.30. The summed E-state index contributed by atoms with van der Waals surface area (Å²) >= 11 is 0. The average molecular weight is 206 g/mol. The molecule has 0 N–H and O–H groups in total. The van der Waals surface area contributed by atoms with Crippen LogP contribution in [0.3, 0.4) is 0 Å². The number of carbonyl (C=O) groups is 1. The Morgan fingerprint density at radius 2 is 2.27 bits per heavy atom. The molecule has 0 saturated heterocycles. The summed E-state index contributed by atoms with van der Waals surface area (Å²) in [4.78, 5) is 10.7. The van der Waals surface area contributed by atoms with Crippen molar-refractivity contribution in [1.82, 2.24) is 0 Å². The topological polar surface area (TPSA) is 17.1 Å². The monoisotopic (exact) mass is 206 g/mol. The molecule has 0 unspecified atom stereocenters. The fraction of sp³-hybridized carbons (Fsp3) is 0.643. The molecule has 84 valence electrons. The zero-order chi connectivity index (χ0) is 11.3. The molecule has 0 amide bonds. The fourth-order valence-electron chi connectivity index (χ4n) is 2.12. The normalized spacial score (nSPS) is 25.7. The highest BCUT2D eigenvalue weighted by atomic mass is 16.1. The summed E-state index contributed by atoms with van der Waals surface area (Å²) in [6.45, 7) is 6.47. The van der Waals surface area contributed by atoms with Gasteiger partial charge in [-0.05, 0) is 45.4 Å². The Balaban J connectivity index is 2.41. The van der Waals surface area contributed by atoms with Gasteiger partial charge in [0.1, 0.15) is 6.29 Å². The van der Waals surface area contributed by atoms with Crippen LogP contribution < -0.4 is 0 Å². The van der Waals surface area contributed by atoms with E-state index in [1.807, 2.05) is 0 Å². The van der Waals surface area contributed by atoms with Crippen molar-refractivity contribution in [3.8, 4) is 0 Å². The van der Waals surface area contributed by atoms with Gasteiger partial charge < -0.3 is 4.79 Å². The van der Waals surface area contributed by atoms with Crippen LogP contribution in [0.5, 0.6) is 0 Å². The Labute approximate surface area is 93.3 Å². The quantitative estimate of drug-likeness (QED) is 0.503. The van der Waals surface area contributed by atoms with Crippen molar-refractivity contribution in [1.29, 1.82) is 0 Å². The van der Waals surface area contributed by atoms with Crippen LogP contribution in [0.1, 0.15) is 46.5 Å². The molecule has 2 atom stereocenters. The Hall–Kier alpha value is -0.850.